The summed E-state index contributed by atoms with van der Waals surface area (Å²) in [5, 5.41) is 6.07. The average Bonchev–Trinajstić information content (AvgIpc) is 3.39. The van der Waals surface area contributed by atoms with Crippen LogP contribution in [0, 0.1) is 0 Å². The molecule has 2 aliphatic rings. The lowest BCUT2D eigenvalue weighted by Gasteiger charge is -2.34. The Kier molecular flexibility index (Phi) is 5.78. The van der Waals surface area contributed by atoms with Crippen molar-refractivity contribution in [3.05, 3.63) is 53.0 Å². The number of para-hydroxylation sites is 1. The molecule has 7 heteroatoms. The molecule has 7 nitrogen and oxygen atoms in total. The lowest BCUT2D eigenvalue weighted by Crippen LogP contribution is -2.48. The van der Waals surface area contributed by atoms with E-state index in [4.69, 9.17) is 9.84 Å². The van der Waals surface area contributed by atoms with Gasteiger partial charge >= 0.3 is 0 Å². The van der Waals surface area contributed by atoms with Crippen LogP contribution in [-0.4, -0.2) is 63.3 Å². The minimum atomic E-state index is 0.256. The number of amides is 1. The first kappa shape index (κ1) is 20.3. The maximum atomic E-state index is 12.8. The molecule has 164 valence electrons. The molecule has 4 heterocycles. The summed E-state index contributed by atoms with van der Waals surface area (Å²) in [5.74, 6) is 0.256. The smallest absolute Gasteiger partial charge is 0.222 e. The number of nitrogens with zero attached hydrogens (tertiary/aromatic N) is 4. The van der Waals surface area contributed by atoms with E-state index in [-0.39, 0.29) is 5.91 Å². The van der Waals surface area contributed by atoms with Gasteiger partial charge in [0.1, 0.15) is 0 Å². The van der Waals surface area contributed by atoms with Crippen molar-refractivity contribution in [2.24, 2.45) is 0 Å². The molecule has 5 rings (SSSR count). The number of fused-ring (bicyclic) bond motifs is 2. The summed E-state index contributed by atoms with van der Waals surface area (Å²) in [7, 11) is 0. The van der Waals surface area contributed by atoms with Crippen LogP contribution >= 0.6 is 0 Å². The van der Waals surface area contributed by atoms with Gasteiger partial charge in [-0.1, -0.05) is 18.2 Å². The van der Waals surface area contributed by atoms with Crippen LogP contribution in [0.4, 0.5) is 0 Å². The molecule has 0 saturated carbocycles. The number of carbonyl (C=O) groups is 1. The number of carbonyl (C=O) groups excluding carboxylic acids is 1. The van der Waals surface area contributed by atoms with Crippen molar-refractivity contribution in [1.29, 1.82) is 0 Å². The molecule has 2 aliphatic heterocycles. The van der Waals surface area contributed by atoms with Gasteiger partial charge in [-0.3, -0.25) is 14.4 Å². The Hall–Kier alpha value is -2.64. The zero-order chi connectivity index (χ0) is 21.2. The van der Waals surface area contributed by atoms with Gasteiger partial charge in [-0.25, -0.2) is 0 Å². The fourth-order valence-corrected chi connectivity index (χ4v) is 4.87. The van der Waals surface area contributed by atoms with E-state index in [0.29, 0.717) is 13.0 Å². The van der Waals surface area contributed by atoms with E-state index in [2.05, 4.69) is 33.6 Å². The average molecular weight is 422 g/mol. The Morgan fingerprint density at radius 1 is 1.19 bits per heavy atom. The summed E-state index contributed by atoms with van der Waals surface area (Å²) in [6, 6.07) is 8.27. The highest BCUT2D eigenvalue weighted by Gasteiger charge is 2.25. The number of aromatic amines is 1. The van der Waals surface area contributed by atoms with E-state index in [1.54, 1.807) is 0 Å². The fraction of sp³-hybridized carbons (Fsp3) is 0.500. The van der Waals surface area contributed by atoms with E-state index in [9.17, 15) is 4.79 Å². The normalized spacial score (nSPS) is 17.3. The summed E-state index contributed by atoms with van der Waals surface area (Å²) in [5.41, 5.74) is 6.13. The van der Waals surface area contributed by atoms with Crippen LogP contribution in [0.1, 0.15) is 35.9 Å². The van der Waals surface area contributed by atoms with Gasteiger partial charge in [-0.15, -0.1) is 0 Å². The molecule has 1 fully saturated rings. The second-order valence-corrected chi connectivity index (χ2v) is 8.51. The van der Waals surface area contributed by atoms with Gasteiger partial charge < -0.3 is 14.6 Å². The standard InChI is InChI=1S/C24H31N5O2/c1-2-29-23-9-14-31-17-20(23)22(26-29)16-27-10-12-28(13-11-27)24(30)8-7-18-15-25-21-6-4-3-5-19(18)21/h3-6,15,25H,2,7-14,16-17H2,1H3. The van der Waals surface area contributed by atoms with Gasteiger partial charge in [-0.05, 0) is 25.0 Å². The van der Waals surface area contributed by atoms with Crippen LogP contribution in [-0.2, 0) is 42.1 Å². The number of piperazine rings is 1. The van der Waals surface area contributed by atoms with E-state index >= 15 is 0 Å². The molecule has 1 aromatic carbocycles. The van der Waals surface area contributed by atoms with Crippen molar-refractivity contribution in [3.8, 4) is 0 Å². The molecule has 0 atom stereocenters. The highest BCUT2D eigenvalue weighted by molar-refractivity contribution is 5.84. The highest BCUT2D eigenvalue weighted by atomic mass is 16.5. The number of benzene rings is 1. The summed E-state index contributed by atoms with van der Waals surface area (Å²) in [6.07, 6.45) is 4.34. The van der Waals surface area contributed by atoms with Crippen molar-refractivity contribution < 1.29 is 9.53 Å². The minimum Gasteiger partial charge on any atom is -0.376 e. The predicted molar refractivity (Wildman–Crippen MR) is 120 cm³/mol. The molecule has 0 spiro atoms. The lowest BCUT2D eigenvalue weighted by atomic mass is 10.1. The van der Waals surface area contributed by atoms with Crippen LogP contribution in [0.25, 0.3) is 10.9 Å². The van der Waals surface area contributed by atoms with E-state index < -0.39 is 0 Å². The topological polar surface area (TPSA) is 66.4 Å². The molecule has 3 aromatic rings. The van der Waals surface area contributed by atoms with Crippen LogP contribution < -0.4 is 0 Å². The number of hydrogen-bond acceptors (Lipinski definition) is 4. The van der Waals surface area contributed by atoms with Crippen molar-refractivity contribution in [1.82, 2.24) is 24.6 Å². The summed E-state index contributed by atoms with van der Waals surface area (Å²) < 4.78 is 7.83. The maximum absolute atomic E-state index is 12.8. The van der Waals surface area contributed by atoms with Crippen LogP contribution in [0.15, 0.2) is 30.5 Å². The van der Waals surface area contributed by atoms with Gasteiger partial charge in [0.25, 0.3) is 0 Å². The van der Waals surface area contributed by atoms with Gasteiger partial charge in [0, 0.05) is 80.5 Å². The monoisotopic (exact) mass is 421 g/mol. The van der Waals surface area contributed by atoms with Crippen molar-refractivity contribution >= 4 is 16.8 Å². The van der Waals surface area contributed by atoms with Crippen LogP contribution in [0.5, 0.6) is 0 Å². The number of ether oxygens (including phenoxy) is 1. The number of aromatic nitrogens is 3. The van der Waals surface area contributed by atoms with Gasteiger partial charge in [-0.2, -0.15) is 5.10 Å². The predicted octanol–water partition coefficient (Wildman–Crippen LogP) is 2.73. The first-order valence-corrected chi connectivity index (χ1v) is 11.4. The molecule has 0 bridgehead atoms. The second kappa shape index (κ2) is 8.85. The Bertz CT molecular complexity index is 1060. The van der Waals surface area contributed by atoms with Crippen molar-refractivity contribution in [2.45, 2.75) is 45.9 Å². The zero-order valence-corrected chi connectivity index (χ0v) is 18.3. The number of hydrogen-bond donors (Lipinski definition) is 1. The quantitative estimate of drug-likeness (QED) is 0.665. The second-order valence-electron chi connectivity index (χ2n) is 8.51. The molecule has 1 saturated heterocycles. The first-order chi connectivity index (χ1) is 15.2. The summed E-state index contributed by atoms with van der Waals surface area (Å²) in [6.45, 7) is 8.74. The van der Waals surface area contributed by atoms with Gasteiger partial charge in [0.05, 0.1) is 18.9 Å². The van der Waals surface area contributed by atoms with E-state index in [1.807, 2.05) is 23.2 Å². The lowest BCUT2D eigenvalue weighted by molar-refractivity contribution is -0.133. The molecule has 0 aliphatic carbocycles. The Morgan fingerprint density at radius 3 is 2.87 bits per heavy atom. The molecule has 0 radical (unpaired) electrons. The fourth-order valence-electron chi connectivity index (χ4n) is 4.87. The number of H-pyrrole nitrogens is 1. The van der Waals surface area contributed by atoms with E-state index in [1.165, 1.54) is 22.2 Å². The van der Waals surface area contributed by atoms with Gasteiger partial charge in [0.15, 0.2) is 0 Å². The SMILES string of the molecule is CCn1nc(CN2CCN(C(=O)CCc3c[nH]c4ccccc34)CC2)c2c1CCOC2. The highest BCUT2D eigenvalue weighted by Crippen LogP contribution is 2.23. The Morgan fingerprint density at radius 2 is 2.03 bits per heavy atom. The molecule has 1 amide bonds. The summed E-state index contributed by atoms with van der Waals surface area (Å²) >= 11 is 0. The largest absolute Gasteiger partial charge is 0.376 e. The third-order valence-corrected chi connectivity index (χ3v) is 6.66. The summed E-state index contributed by atoms with van der Waals surface area (Å²) in [4.78, 5) is 20.5. The van der Waals surface area contributed by atoms with Crippen molar-refractivity contribution in [3.63, 3.8) is 0 Å². The first-order valence-electron chi connectivity index (χ1n) is 11.4. The molecule has 31 heavy (non-hydrogen) atoms. The third kappa shape index (κ3) is 4.12. The molecule has 0 unspecified atom stereocenters. The zero-order valence-electron chi connectivity index (χ0n) is 18.3. The number of nitrogens with one attached hydrogen (secondary N) is 1. The third-order valence-electron chi connectivity index (χ3n) is 6.66. The molecular weight excluding hydrogens is 390 g/mol. The Balaban J connectivity index is 1.14. The molecular formula is C24H31N5O2. The molecule has 1 N–H and O–H groups in total. The van der Waals surface area contributed by atoms with Crippen LogP contribution in [0.3, 0.4) is 0 Å². The van der Waals surface area contributed by atoms with Gasteiger partial charge in [0.2, 0.25) is 5.91 Å². The maximum Gasteiger partial charge on any atom is 0.222 e. The minimum absolute atomic E-state index is 0.256. The van der Waals surface area contributed by atoms with Crippen LogP contribution in [0.2, 0.25) is 0 Å². The number of rotatable bonds is 6. The van der Waals surface area contributed by atoms with E-state index in [0.717, 1.165) is 69.9 Å². The number of aryl methyl sites for hydroxylation is 2. The van der Waals surface area contributed by atoms with Crippen molar-refractivity contribution in [2.75, 3.05) is 32.8 Å². The molecule has 2 aromatic heterocycles. The Labute approximate surface area is 183 Å².